The second-order valence-corrected chi connectivity index (χ2v) is 5.55. The van der Waals surface area contributed by atoms with Crippen LogP contribution >= 0.6 is 0 Å². The van der Waals surface area contributed by atoms with E-state index in [1.807, 2.05) is 33.8 Å². The first-order chi connectivity index (χ1) is 8.70. The summed E-state index contributed by atoms with van der Waals surface area (Å²) < 4.78 is 7.04. The summed E-state index contributed by atoms with van der Waals surface area (Å²) in [4.78, 5) is 15.6. The first kappa shape index (κ1) is 13.3. The zero-order chi connectivity index (χ0) is 14.4. The van der Waals surface area contributed by atoms with Crippen molar-refractivity contribution in [3.05, 3.63) is 23.2 Å². The van der Waals surface area contributed by atoms with E-state index in [1.165, 1.54) is 0 Å². The summed E-state index contributed by atoms with van der Waals surface area (Å²) in [6.45, 7) is 7.55. The fourth-order valence-corrected chi connectivity index (χ4v) is 1.89. The third kappa shape index (κ3) is 2.38. The Morgan fingerprint density at radius 2 is 2.05 bits per heavy atom. The lowest BCUT2D eigenvalue weighted by molar-refractivity contribution is 0.0659. The van der Waals surface area contributed by atoms with Crippen molar-refractivity contribution in [1.82, 2.24) is 14.8 Å². The highest BCUT2D eigenvalue weighted by Crippen LogP contribution is 2.30. The van der Waals surface area contributed by atoms with Crippen LogP contribution in [0.25, 0.3) is 11.6 Å². The van der Waals surface area contributed by atoms with Crippen LogP contribution in [0.15, 0.2) is 10.5 Å². The zero-order valence-corrected chi connectivity index (χ0v) is 11.7. The van der Waals surface area contributed by atoms with E-state index in [2.05, 4.69) is 10.1 Å². The molecule has 102 valence electrons. The molecular formula is C13H17N3O3. The van der Waals surface area contributed by atoms with Gasteiger partial charge in [-0.2, -0.15) is 5.10 Å². The lowest BCUT2D eigenvalue weighted by Crippen LogP contribution is -2.16. The van der Waals surface area contributed by atoms with Crippen LogP contribution in [0, 0.1) is 6.92 Å². The van der Waals surface area contributed by atoms with Gasteiger partial charge < -0.3 is 9.52 Å². The average Bonchev–Trinajstić information content (AvgIpc) is 2.80. The summed E-state index contributed by atoms with van der Waals surface area (Å²) >= 11 is 0. The maximum absolute atomic E-state index is 11.2. The number of aromatic nitrogens is 3. The van der Waals surface area contributed by atoms with Crippen molar-refractivity contribution in [2.75, 3.05) is 0 Å². The van der Waals surface area contributed by atoms with Crippen LogP contribution in [-0.2, 0) is 12.5 Å². The molecule has 6 heteroatoms. The van der Waals surface area contributed by atoms with Gasteiger partial charge in [0.1, 0.15) is 11.4 Å². The monoisotopic (exact) mass is 263 g/mol. The minimum Gasteiger partial charge on any atom is -0.475 e. The molecule has 19 heavy (non-hydrogen) atoms. The topological polar surface area (TPSA) is 81.1 Å². The summed E-state index contributed by atoms with van der Waals surface area (Å²) in [5, 5.41) is 13.4. The molecule has 0 bridgehead atoms. The van der Waals surface area contributed by atoms with E-state index in [4.69, 9.17) is 4.42 Å². The number of hydrogen-bond acceptors (Lipinski definition) is 4. The van der Waals surface area contributed by atoms with Crippen LogP contribution in [0.2, 0.25) is 0 Å². The van der Waals surface area contributed by atoms with E-state index in [0.717, 1.165) is 5.69 Å². The Labute approximate surface area is 111 Å². The lowest BCUT2D eigenvalue weighted by atomic mass is 9.91. The predicted octanol–water partition coefficient (Wildman–Crippen LogP) is 2.38. The van der Waals surface area contributed by atoms with Gasteiger partial charge in [-0.25, -0.2) is 9.78 Å². The molecule has 0 aromatic carbocycles. The molecule has 0 radical (unpaired) electrons. The molecule has 0 saturated carbocycles. The molecule has 0 aliphatic carbocycles. The molecule has 1 N–H and O–H groups in total. The van der Waals surface area contributed by atoms with E-state index < -0.39 is 11.4 Å². The summed E-state index contributed by atoms with van der Waals surface area (Å²) in [5.74, 6) is -0.936. The smallest absolute Gasteiger partial charge is 0.373 e. The van der Waals surface area contributed by atoms with Crippen LogP contribution in [0.3, 0.4) is 0 Å². The van der Waals surface area contributed by atoms with Crippen LogP contribution < -0.4 is 0 Å². The SMILES string of the molecule is Cc1cc(-c2nc(C(C)(C)C)c(C(=O)O)o2)n(C)n1. The quantitative estimate of drug-likeness (QED) is 0.899. The van der Waals surface area contributed by atoms with Crippen molar-refractivity contribution >= 4 is 5.97 Å². The molecule has 0 unspecified atom stereocenters. The van der Waals surface area contributed by atoms with Crippen LogP contribution in [0.4, 0.5) is 0 Å². The van der Waals surface area contributed by atoms with Crippen molar-refractivity contribution in [2.24, 2.45) is 7.05 Å². The van der Waals surface area contributed by atoms with Gasteiger partial charge in [0, 0.05) is 12.5 Å². The molecule has 0 aliphatic heterocycles. The number of oxazole rings is 1. The Balaban J connectivity index is 2.61. The van der Waals surface area contributed by atoms with E-state index in [0.29, 0.717) is 11.4 Å². The fraction of sp³-hybridized carbons (Fsp3) is 0.462. The second kappa shape index (κ2) is 4.22. The third-order valence-corrected chi connectivity index (χ3v) is 2.75. The Morgan fingerprint density at radius 3 is 2.42 bits per heavy atom. The molecular weight excluding hydrogens is 246 g/mol. The minimum absolute atomic E-state index is 0.110. The Kier molecular flexibility index (Phi) is 2.96. The maximum Gasteiger partial charge on any atom is 0.373 e. The molecule has 6 nitrogen and oxygen atoms in total. The summed E-state index contributed by atoms with van der Waals surface area (Å²) in [6, 6.07) is 1.81. The van der Waals surface area contributed by atoms with Gasteiger partial charge in [0.05, 0.1) is 5.69 Å². The molecule has 0 amide bonds. The largest absolute Gasteiger partial charge is 0.475 e. The highest BCUT2D eigenvalue weighted by molar-refractivity contribution is 5.86. The van der Waals surface area contributed by atoms with Gasteiger partial charge in [0.2, 0.25) is 11.7 Å². The van der Waals surface area contributed by atoms with E-state index >= 15 is 0 Å². The normalized spacial score (nSPS) is 11.8. The Hall–Kier alpha value is -2.11. The molecule has 2 rings (SSSR count). The van der Waals surface area contributed by atoms with Gasteiger partial charge in [-0.15, -0.1) is 0 Å². The number of rotatable bonds is 2. The highest BCUT2D eigenvalue weighted by Gasteiger charge is 2.29. The van der Waals surface area contributed by atoms with Gasteiger partial charge in [0.15, 0.2) is 0 Å². The molecule has 0 spiro atoms. The standard InChI is InChI=1S/C13H17N3O3/c1-7-6-8(16(5)15-7)11-14-10(13(2,3)4)9(19-11)12(17)18/h6H,1-5H3,(H,17,18). The lowest BCUT2D eigenvalue weighted by Gasteiger charge is -2.14. The van der Waals surface area contributed by atoms with E-state index in [-0.39, 0.29) is 11.7 Å². The number of carbonyl (C=O) groups is 1. The van der Waals surface area contributed by atoms with Crippen molar-refractivity contribution < 1.29 is 14.3 Å². The van der Waals surface area contributed by atoms with Gasteiger partial charge in [-0.3, -0.25) is 4.68 Å². The van der Waals surface area contributed by atoms with Crippen molar-refractivity contribution in [3.8, 4) is 11.6 Å². The Bertz CT molecular complexity index is 632. The van der Waals surface area contributed by atoms with Gasteiger partial charge in [-0.1, -0.05) is 20.8 Å². The number of aryl methyl sites for hydroxylation is 2. The Morgan fingerprint density at radius 1 is 1.42 bits per heavy atom. The van der Waals surface area contributed by atoms with Gasteiger partial charge in [0.25, 0.3) is 0 Å². The van der Waals surface area contributed by atoms with Crippen molar-refractivity contribution in [2.45, 2.75) is 33.1 Å². The third-order valence-electron chi connectivity index (χ3n) is 2.75. The molecule has 0 aliphatic rings. The predicted molar refractivity (Wildman–Crippen MR) is 69.1 cm³/mol. The minimum atomic E-state index is -1.11. The number of aromatic carboxylic acids is 1. The van der Waals surface area contributed by atoms with E-state index in [9.17, 15) is 9.90 Å². The van der Waals surface area contributed by atoms with Crippen molar-refractivity contribution in [3.63, 3.8) is 0 Å². The first-order valence-electron chi connectivity index (χ1n) is 5.95. The summed E-state index contributed by atoms with van der Waals surface area (Å²) in [5.41, 5.74) is 1.53. The molecule has 0 atom stereocenters. The fourth-order valence-electron chi connectivity index (χ4n) is 1.89. The second-order valence-electron chi connectivity index (χ2n) is 5.55. The molecule has 0 fully saturated rings. The van der Waals surface area contributed by atoms with Gasteiger partial charge >= 0.3 is 5.97 Å². The highest BCUT2D eigenvalue weighted by atomic mass is 16.4. The molecule has 2 aromatic heterocycles. The molecule has 2 aromatic rings. The number of carboxylic acids is 1. The summed E-state index contributed by atoms with van der Waals surface area (Å²) in [6.07, 6.45) is 0. The van der Waals surface area contributed by atoms with Crippen LogP contribution in [-0.4, -0.2) is 25.8 Å². The number of hydrogen-bond donors (Lipinski definition) is 1. The number of nitrogens with zero attached hydrogens (tertiary/aromatic N) is 3. The summed E-state index contributed by atoms with van der Waals surface area (Å²) in [7, 11) is 1.77. The number of carboxylic acid groups (broad SMARTS) is 1. The maximum atomic E-state index is 11.2. The molecule has 2 heterocycles. The zero-order valence-electron chi connectivity index (χ0n) is 11.7. The van der Waals surface area contributed by atoms with Gasteiger partial charge in [-0.05, 0) is 13.0 Å². The van der Waals surface area contributed by atoms with E-state index in [1.54, 1.807) is 11.7 Å². The van der Waals surface area contributed by atoms with Crippen LogP contribution in [0.5, 0.6) is 0 Å². The van der Waals surface area contributed by atoms with Crippen molar-refractivity contribution in [1.29, 1.82) is 0 Å². The van der Waals surface area contributed by atoms with Crippen LogP contribution in [0.1, 0.15) is 42.7 Å². The first-order valence-corrected chi connectivity index (χ1v) is 5.95. The average molecular weight is 263 g/mol. The molecule has 0 saturated heterocycles.